The van der Waals surface area contributed by atoms with Gasteiger partial charge in [0.05, 0.1) is 22.9 Å². The molecule has 0 aliphatic rings. The van der Waals surface area contributed by atoms with Gasteiger partial charge in [0.15, 0.2) is 5.65 Å². The molecule has 9 heteroatoms. The van der Waals surface area contributed by atoms with Crippen molar-refractivity contribution in [1.29, 1.82) is 0 Å². The number of hydrogen-bond donors (Lipinski definition) is 1. The summed E-state index contributed by atoms with van der Waals surface area (Å²) < 4.78 is 7.57. The Bertz CT molecular complexity index is 1420. The van der Waals surface area contributed by atoms with Gasteiger partial charge in [-0.15, -0.1) is 0 Å². The maximum Gasteiger partial charge on any atom is 0.275 e. The van der Waals surface area contributed by atoms with Gasteiger partial charge in [-0.05, 0) is 63.4 Å². The van der Waals surface area contributed by atoms with Crippen LogP contribution < -0.4 is 10.1 Å². The normalized spacial score (nSPS) is 10.9. The highest BCUT2D eigenvalue weighted by molar-refractivity contribution is 6.08. The van der Waals surface area contributed by atoms with Gasteiger partial charge >= 0.3 is 0 Å². The number of benzene rings is 2. The molecular formula is C24H23N5O4. The van der Waals surface area contributed by atoms with Gasteiger partial charge in [0.25, 0.3) is 11.6 Å². The lowest BCUT2D eigenvalue weighted by molar-refractivity contribution is -0.384. The molecule has 168 valence electrons. The van der Waals surface area contributed by atoms with Crippen molar-refractivity contribution in [3.05, 3.63) is 86.4 Å². The predicted octanol–water partition coefficient (Wildman–Crippen LogP) is 5.22. The lowest BCUT2D eigenvalue weighted by atomic mass is 10.1. The largest absolute Gasteiger partial charge is 0.457 e. The molecular weight excluding hydrogens is 422 g/mol. The highest BCUT2D eigenvalue weighted by atomic mass is 16.6. The number of nitrogens with one attached hydrogen (secondary N) is 1. The van der Waals surface area contributed by atoms with Crippen LogP contribution in [0.2, 0.25) is 0 Å². The Kier molecular flexibility index (Phi) is 5.55. The number of hydrogen-bond acceptors (Lipinski definition) is 6. The van der Waals surface area contributed by atoms with E-state index in [0.29, 0.717) is 11.4 Å². The fourth-order valence-corrected chi connectivity index (χ4v) is 3.68. The second-order valence-corrected chi connectivity index (χ2v) is 8.07. The molecule has 0 aliphatic carbocycles. The third-order valence-corrected chi connectivity index (χ3v) is 5.37. The number of rotatable bonds is 5. The number of amides is 1. The molecule has 9 nitrogen and oxygen atoms in total. The van der Waals surface area contributed by atoms with Gasteiger partial charge in [-0.3, -0.25) is 14.9 Å². The van der Waals surface area contributed by atoms with E-state index in [4.69, 9.17) is 4.74 Å². The van der Waals surface area contributed by atoms with Crippen LogP contribution in [0.15, 0.2) is 42.6 Å². The molecule has 0 atom stereocenters. The summed E-state index contributed by atoms with van der Waals surface area (Å²) in [6.45, 7) is 9.55. The summed E-state index contributed by atoms with van der Waals surface area (Å²) in [5.74, 6) is 0.372. The molecule has 0 unspecified atom stereocenters. The number of ether oxygens (including phenoxy) is 1. The molecule has 0 radical (unpaired) electrons. The minimum Gasteiger partial charge on any atom is -0.457 e. The van der Waals surface area contributed by atoms with Crippen molar-refractivity contribution >= 4 is 22.9 Å². The van der Waals surface area contributed by atoms with Crippen LogP contribution in [0.25, 0.3) is 5.65 Å². The Labute approximate surface area is 190 Å². The van der Waals surface area contributed by atoms with Crippen LogP contribution in [-0.4, -0.2) is 25.4 Å². The summed E-state index contributed by atoms with van der Waals surface area (Å²) in [4.78, 5) is 28.4. The number of aromatic nitrogens is 3. The molecule has 0 bridgehead atoms. The summed E-state index contributed by atoms with van der Waals surface area (Å²) in [5, 5.41) is 18.5. The van der Waals surface area contributed by atoms with Gasteiger partial charge in [-0.2, -0.15) is 5.10 Å². The average Bonchev–Trinajstić information content (AvgIpc) is 3.15. The topological polar surface area (TPSA) is 112 Å². The van der Waals surface area contributed by atoms with Crippen molar-refractivity contribution < 1.29 is 14.5 Å². The van der Waals surface area contributed by atoms with Crippen LogP contribution in [0, 0.1) is 44.7 Å². The van der Waals surface area contributed by atoms with Crippen LogP contribution in [0.5, 0.6) is 11.5 Å². The molecule has 2 aromatic heterocycles. The van der Waals surface area contributed by atoms with Gasteiger partial charge in [0.1, 0.15) is 17.1 Å². The first-order chi connectivity index (χ1) is 15.6. The second-order valence-electron chi connectivity index (χ2n) is 8.07. The number of nitro benzene ring substituents is 1. The van der Waals surface area contributed by atoms with E-state index in [9.17, 15) is 14.9 Å². The number of nitrogens with zero attached hydrogens (tertiary/aromatic N) is 4. The molecule has 0 saturated heterocycles. The maximum absolute atomic E-state index is 13.0. The molecule has 4 rings (SSSR count). The van der Waals surface area contributed by atoms with Crippen LogP contribution in [0.3, 0.4) is 0 Å². The number of nitro groups is 1. The fraction of sp³-hybridized carbons (Fsp3) is 0.208. The zero-order chi connectivity index (χ0) is 23.9. The SMILES string of the molecule is Cc1cc(C)c(C)c(Oc2cc(NC(=O)c3cnn4c(C)cc(C)nc34)cc([N+](=O)[O-])c2)c1. The first-order valence-electron chi connectivity index (χ1n) is 10.3. The zero-order valence-electron chi connectivity index (χ0n) is 19.0. The van der Waals surface area contributed by atoms with Crippen molar-refractivity contribution in [2.45, 2.75) is 34.6 Å². The monoisotopic (exact) mass is 445 g/mol. The number of fused-ring (bicyclic) bond motifs is 1. The van der Waals surface area contributed by atoms with Crippen molar-refractivity contribution in [3.8, 4) is 11.5 Å². The lowest BCUT2D eigenvalue weighted by Gasteiger charge is -2.13. The molecule has 2 aromatic carbocycles. The molecule has 0 saturated carbocycles. The Balaban J connectivity index is 1.69. The first-order valence-corrected chi connectivity index (χ1v) is 10.3. The van der Waals surface area contributed by atoms with Crippen LogP contribution >= 0.6 is 0 Å². The van der Waals surface area contributed by atoms with E-state index in [2.05, 4.69) is 15.4 Å². The van der Waals surface area contributed by atoms with Crippen molar-refractivity contribution in [2.75, 3.05) is 5.32 Å². The molecule has 0 spiro atoms. The third-order valence-electron chi connectivity index (χ3n) is 5.37. The van der Waals surface area contributed by atoms with Gasteiger partial charge in [-0.1, -0.05) is 6.07 Å². The van der Waals surface area contributed by atoms with Crippen molar-refractivity contribution in [1.82, 2.24) is 14.6 Å². The molecule has 1 N–H and O–H groups in total. The molecule has 0 fully saturated rings. The third kappa shape index (κ3) is 4.38. The van der Waals surface area contributed by atoms with E-state index in [1.807, 2.05) is 52.8 Å². The average molecular weight is 445 g/mol. The Morgan fingerprint density at radius 2 is 1.82 bits per heavy atom. The second kappa shape index (κ2) is 8.34. The molecule has 1 amide bonds. The molecule has 4 aromatic rings. The number of non-ortho nitro benzene ring substituents is 1. The minimum atomic E-state index is -0.527. The van der Waals surface area contributed by atoms with Gasteiger partial charge in [-0.25, -0.2) is 9.50 Å². The summed E-state index contributed by atoms with van der Waals surface area (Å²) in [5.41, 5.74) is 5.30. The summed E-state index contributed by atoms with van der Waals surface area (Å²) in [6.07, 6.45) is 1.43. The van der Waals surface area contributed by atoms with Crippen LogP contribution in [0.4, 0.5) is 11.4 Å². The Morgan fingerprint density at radius 1 is 1.06 bits per heavy atom. The lowest BCUT2D eigenvalue weighted by Crippen LogP contribution is -2.12. The van der Waals surface area contributed by atoms with Gasteiger partial charge in [0, 0.05) is 23.5 Å². The maximum atomic E-state index is 13.0. The minimum absolute atomic E-state index is 0.200. The summed E-state index contributed by atoms with van der Waals surface area (Å²) >= 11 is 0. The fourth-order valence-electron chi connectivity index (χ4n) is 3.68. The standard InChI is InChI=1S/C24H23N5O4/c1-13-6-14(2)17(5)22(7-13)33-20-10-18(9-19(11-20)29(31)32)27-24(30)21-12-25-28-16(4)8-15(3)26-23(21)28/h6-12H,1-5H3,(H,27,30). The smallest absolute Gasteiger partial charge is 0.275 e. The highest BCUT2D eigenvalue weighted by Gasteiger charge is 2.18. The van der Waals surface area contributed by atoms with E-state index in [0.717, 1.165) is 28.1 Å². The quantitative estimate of drug-likeness (QED) is 0.333. The van der Waals surface area contributed by atoms with Gasteiger partial charge in [0.2, 0.25) is 0 Å². The number of anilines is 1. The molecule has 33 heavy (non-hydrogen) atoms. The van der Waals surface area contributed by atoms with Crippen LogP contribution in [0.1, 0.15) is 38.4 Å². The first kappa shape index (κ1) is 21.9. The molecule has 0 aliphatic heterocycles. The Morgan fingerprint density at radius 3 is 2.55 bits per heavy atom. The van der Waals surface area contributed by atoms with Gasteiger partial charge < -0.3 is 10.1 Å². The van der Waals surface area contributed by atoms with Crippen LogP contribution in [-0.2, 0) is 0 Å². The van der Waals surface area contributed by atoms with E-state index in [1.165, 1.54) is 18.3 Å². The van der Waals surface area contributed by atoms with E-state index >= 15 is 0 Å². The number of carbonyl (C=O) groups is 1. The summed E-state index contributed by atoms with van der Waals surface area (Å²) in [7, 11) is 0. The zero-order valence-corrected chi connectivity index (χ0v) is 19.0. The van der Waals surface area contributed by atoms with Crippen molar-refractivity contribution in [3.63, 3.8) is 0 Å². The summed E-state index contributed by atoms with van der Waals surface area (Å²) in [6, 6.07) is 9.94. The predicted molar refractivity (Wildman–Crippen MR) is 124 cm³/mol. The number of carbonyl (C=O) groups excluding carboxylic acids is 1. The van der Waals surface area contributed by atoms with Crippen molar-refractivity contribution in [2.24, 2.45) is 0 Å². The number of aryl methyl sites for hydroxylation is 4. The van der Waals surface area contributed by atoms with E-state index in [1.54, 1.807) is 10.6 Å². The van der Waals surface area contributed by atoms with E-state index in [-0.39, 0.29) is 22.7 Å². The Hall–Kier alpha value is -4.27. The molecule has 2 heterocycles. The highest BCUT2D eigenvalue weighted by Crippen LogP contribution is 2.33. The van der Waals surface area contributed by atoms with E-state index < -0.39 is 10.8 Å².